The number of nitrogens with zero attached hydrogens (tertiary/aromatic N) is 5. The first kappa shape index (κ1) is 19.7. The van der Waals surface area contributed by atoms with Crippen LogP contribution in [0.25, 0.3) is 0 Å². The van der Waals surface area contributed by atoms with Crippen molar-refractivity contribution in [1.29, 1.82) is 0 Å². The van der Waals surface area contributed by atoms with Gasteiger partial charge in [0.1, 0.15) is 5.01 Å². The minimum absolute atomic E-state index is 0.0534. The van der Waals surface area contributed by atoms with Gasteiger partial charge in [-0.1, -0.05) is 0 Å². The van der Waals surface area contributed by atoms with Crippen molar-refractivity contribution in [2.45, 2.75) is 50.9 Å². The van der Waals surface area contributed by atoms with Crippen LogP contribution < -0.4 is 5.56 Å². The zero-order valence-electron chi connectivity index (χ0n) is 16.9. The Hall–Kier alpha value is -1.22. The van der Waals surface area contributed by atoms with Gasteiger partial charge in [-0.2, -0.15) is 16.9 Å². The maximum absolute atomic E-state index is 12.4. The molecule has 0 amide bonds. The van der Waals surface area contributed by atoms with Gasteiger partial charge < -0.3 is 0 Å². The number of fused-ring (bicyclic) bond motifs is 2. The first-order valence-electron chi connectivity index (χ1n) is 10.8. The summed E-state index contributed by atoms with van der Waals surface area (Å²) in [7, 11) is 0. The van der Waals surface area contributed by atoms with Crippen molar-refractivity contribution in [1.82, 2.24) is 24.6 Å². The molecule has 1 aliphatic carbocycles. The van der Waals surface area contributed by atoms with Crippen LogP contribution in [-0.2, 0) is 38.1 Å². The first-order chi connectivity index (χ1) is 14.2. The molecule has 2 aromatic heterocycles. The molecule has 156 valence electrons. The van der Waals surface area contributed by atoms with Gasteiger partial charge in [0, 0.05) is 55.8 Å². The Morgan fingerprint density at radius 2 is 1.79 bits per heavy atom. The zero-order valence-corrected chi connectivity index (χ0v) is 18.6. The Bertz CT molecular complexity index is 893. The summed E-state index contributed by atoms with van der Waals surface area (Å²) >= 11 is 3.83. The summed E-state index contributed by atoms with van der Waals surface area (Å²) in [5, 5.41) is 5.95. The summed E-state index contributed by atoms with van der Waals surface area (Å²) in [4.78, 5) is 23.8. The van der Waals surface area contributed by atoms with Crippen LogP contribution in [0.4, 0.5) is 0 Å². The average Bonchev–Trinajstić information content (AvgIpc) is 3.15. The fraction of sp³-hybridized carbons (Fsp3) is 0.667. The van der Waals surface area contributed by atoms with Crippen LogP contribution >= 0.6 is 23.1 Å². The van der Waals surface area contributed by atoms with Crippen LogP contribution in [0.15, 0.2) is 10.9 Å². The number of thioether (sulfide) groups is 1. The molecule has 2 aliphatic heterocycles. The third-order valence-electron chi connectivity index (χ3n) is 6.25. The largest absolute Gasteiger partial charge is 0.299 e. The van der Waals surface area contributed by atoms with E-state index in [1.165, 1.54) is 41.3 Å². The van der Waals surface area contributed by atoms with E-state index in [1.54, 1.807) is 10.7 Å². The van der Waals surface area contributed by atoms with Crippen molar-refractivity contribution >= 4 is 23.1 Å². The van der Waals surface area contributed by atoms with E-state index in [4.69, 9.17) is 4.98 Å². The molecule has 2 aromatic rings. The highest BCUT2D eigenvalue weighted by Crippen LogP contribution is 2.27. The molecule has 0 saturated carbocycles. The lowest BCUT2D eigenvalue weighted by Gasteiger charge is -2.34. The molecule has 0 atom stereocenters. The highest BCUT2D eigenvalue weighted by atomic mass is 32.2. The molecule has 0 bridgehead atoms. The third kappa shape index (κ3) is 4.60. The molecule has 0 unspecified atom stereocenters. The maximum Gasteiger partial charge on any atom is 0.267 e. The van der Waals surface area contributed by atoms with E-state index in [1.807, 2.05) is 23.1 Å². The fourth-order valence-electron chi connectivity index (χ4n) is 4.48. The van der Waals surface area contributed by atoms with E-state index < -0.39 is 0 Å². The minimum atomic E-state index is 0.0534. The van der Waals surface area contributed by atoms with Crippen LogP contribution in [0, 0.1) is 0 Å². The fourth-order valence-corrected chi connectivity index (χ4v) is 6.64. The van der Waals surface area contributed by atoms with E-state index in [2.05, 4.69) is 14.9 Å². The molecule has 3 aliphatic rings. The van der Waals surface area contributed by atoms with Gasteiger partial charge in [0.05, 0.1) is 24.5 Å². The topological polar surface area (TPSA) is 54.3 Å². The van der Waals surface area contributed by atoms with Crippen molar-refractivity contribution in [3.8, 4) is 0 Å². The molecule has 4 heterocycles. The number of hydrogen-bond acceptors (Lipinski definition) is 7. The molecule has 6 nitrogen and oxygen atoms in total. The van der Waals surface area contributed by atoms with Crippen LogP contribution in [0.3, 0.4) is 0 Å². The Morgan fingerprint density at radius 1 is 0.966 bits per heavy atom. The number of aryl methyl sites for hydroxylation is 3. The monoisotopic (exact) mass is 431 g/mol. The average molecular weight is 432 g/mol. The molecule has 1 saturated heterocycles. The van der Waals surface area contributed by atoms with Crippen LogP contribution in [0.2, 0.25) is 0 Å². The van der Waals surface area contributed by atoms with Gasteiger partial charge >= 0.3 is 0 Å². The Morgan fingerprint density at radius 3 is 2.66 bits per heavy atom. The molecule has 0 N–H and O–H groups in total. The van der Waals surface area contributed by atoms with Gasteiger partial charge in [-0.05, 0) is 37.0 Å². The number of thiazole rings is 1. The number of hydrogen-bond donors (Lipinski definition) is 0. The van der Waals surface area contributed by atoms with E-state index in [0.717, 1.165) is 68.5 Å². The van der Waals surface area contributed by atoms with E-state index in [-0.39, 0.29) is 5.56 Å². The van der Waals surface area contributed by atoms with Crippen molar-refractivity contribution in [3.63, 3.8) is 0 Å². The molecular weight excluding hydrogens is 402 g/mol. The summed E-state index contributed by atoms with van der Waals surface area (Å²) in [5.41, 5.74) is 3.69. The molecule has 1 fully saturated rings. The molecule has 0 aromatic carbocycles. The maximum atomic E-state index is 12.4. The standard InChI is InChI=1S/C21H29N5OS2/c27-21-13-16-15-28-12-5-17(16)23-26(21)11-10-24-6-8-25(9-7-24)14-20-22-18-3-1-2-4-19(18)29-20/h13H,1-12,14-15H2. The normalized spacial score (nSPS) is 20.4. The smallest absolute Gasteiger partial charge is 0.267 e. The van der Waals surface area contributed by atoms with Gasteiger partial charge in [0.2, 0.25) is 0 Å². The zero-order chi connectivity index (χ0) is 19.6. The van der Waals surface area contributed by atoms with Gasteiger partial charge in [-0.25, -0.2) is 9.67 Å². The van der Waals surface area contributed by atoms with Crippen molar-refractivity contribution in [3.05, 3.63) is 43.3 Å². The summed E-state index contributed by atoms with van der Waals surface area (Å²) in [6, 6.07) is 1.81. The number of piperazine rings is 1. The van der Waals surface area contributed by atoms with Crippen LogP contribution in [0.5, 0.6) is 0 Å². The lowest BCUT2D eigenvalue weighted by Crippen LogP contribution is -2.47. The number of rotatable bonds is 5. The molecule has 0 spiro atoms. The lowest BCUT2D eigenvalue weighted by molar-refractivity contribution is 0.122. The van der Waals surface area contributed by atoms with Crippen LogP contribution in [0.1, 0.15) is 39.7 Å². The van der Waals surface area contributed by atoms with Crippen molar-refractivity contribution in [2.24, 2.45) is 0 Å². The Labute approximate surface area is 180 Å². The predicted octanol–water partition coefficient (Wildman–Crippen LogP) is 2.19. The quantitative estimate of drug-likeness (QED) is 0.723. The highest BCUT2D eigenvalue weighted by Gasteiger charge is 2.21. The number of aromatic nitrogens is 3. The minimum Gasteiger partial charge on any atom is -0.299 e. The Balaban J connectivity index is 1.12. The van der Waals surface area contributed by atoms with E-state index in [9.17, 15) is 4.79 Å². The summed E-state index contributed by atoms with van der Waals surface area (Å²) in [5.74, 6) is 2.05. The predicted molar refractivity (Wildman–Crippen MR) is 119 cm³/mol. The Kier molecular flexibility index (Phi) is 6.04. The molecule has 0 radical (unpaired) electrons. The summed E-state index contributed by atoms with van der Waals surface area (Å²) in [6.45, 7) is 6.86. The van der Waals surface area contributed by atoms with Crippen molar-refractivity contribution < 1.29 is 0 Å². The second-order valence-corrected chi connectivity index (χ2v) is 10.6. The van der Waals surface area contributed by atoms with Gasteiger partial charge in [-0.3, -0.25) is 14.6 Å². The third-order valence-corrected chi connectivity index (χ3v) is 8.40. The van der Waals surface area contributed by atoms with Gasteiger partial charge in [0.15, 0.2) is 0 Å². The van der Waals surface area contributed by atoms with E-state index >= 15 is 0 Å². The van der Waals surface area contributed by atoms with E-state index in [0.29, 0.717) is 6.54 Å². The van der Waals surface area contributed by atoms with Gasteiger partial charge in [-0.15, -0.1) is 11.3 Å². The second kappa shape index (κ2) is 8.88. The summed E-state index contributed by atoms with van der Waals surface area (Å²) in [6.07, 6.45) is 6.02. The molecule has 8 heteroatoms. The summed E-state index contributed by atoms with van der Waals surface area (Å²) < 4.78 is 1.68. The first-order valence-corrected chi connectivity index (χ1v) is 12.8. The van der Waals surface area contributed by atoms with Crippen molar-refractivity contribution in [2.75, 3.05) is 38.5 Å². The highest BCUT2D eigenvalue weighted by molar-refractivity contribution is 7.98. The SMILES string of the molecule is O=c1cc2c(nn1CCN1CCN(Cc3nc4c(s3)CCCC4)CC1)CCSC2. The second-order valence-electron chi connectivity index (χ2n) is 8.28. The van der Waals surface area contributed by atoms with Crippen LogP contribution in [-0.4, -0.2) is 63.0 Å². The van der Waals surface area contributed by atoms with Gasteiger partial charge in [0.25, 0.3) is 5.56 Å². The lowest BCUT2D eigenvalue weighted by atomic mass is 10.0. The molecular formula is C21H29N5OS2. The molecule has 29 heavy (non-hydrogen) atoms. The molecule has 5 rings (SSSR count).